The molecule has 1 aromatic heterocycles. The van der Waals surface area contributed by atoms with E-state index in [0.717, 1.165) is 24.1 Å². The van der Waals surface area contributed by atoms with Crippen LogP contribution in [-0.2, 0) is 0 Å². The molecule has 4 nitrogen and oxygen atoms in total. The minimum atomic E-state index is -0.489. The van der Waals surface area contributed by atoms with E-state index in [2.05, 4.69) is 16.4 Å². The van der Waals surface area contributed by atoms with Crippen molar-refractivity contribution in [2.75, 3.05) is 11.9 Å². The number of aryl methyl sites for hydroxylation is 1. The van der Waals surface area contributed by atoms with Crippen LogP contribution in [0.3, 0.4) is 0 Å². The molecule has 3 rings (SSSR count). The van der Waals surface area contributed by atoms with Crippen LogP contribution in [0, 0.1) is 23.7 Å². The molecule has 2 aromatic rings. The number of hydrogen-bond donors (Lipinski definition) is 2. The Morgan fingerprint density at radius 2 is 2.00 bits per heavy atom. The summed E-state index contributed by atoms with van der Waals surface area (Å²) in [6.07, 6.45) is 1.46. The third-order valence-electron chi connectivity index (χ3n) is 4.35. The van der Waals surface area contributed by atoms with Gasteiger partial charge in [-0.25, -0.2) is 4.98 Å². The Morgan fingerprint density at radius 1 is 1.27 bits per heavy atom. The van der Waals surface area contributed by atoms with Gasteiger partial charge < -0.3 is 10.4 Å². The van der Waals surface area contributed by atoms with Crippen molar-refractivity contribution < 1.29 is 5.11 Å². The summed E-state index contributed by atoms with van der Waals surface area (Å²) in [6, 6.07) is 15.5. The van der Waals surface area contributed by atoms with Gasteiger partial charge in [0.05, 0.1) is 11.7 Å². The smallest absolute Gasteiger partial charge is 0.144 e. The van der Waals surface area contributed by atoms with E-state index < -0.39 is 6.10 Å². The summed E-state index contributed by atoms with van der Waals surface area (Å²) in [5.41, 5.74) is 2.20. The Hall–Kier alpha value is -2.38. The summed E-state index contributed by atoms with van der Waals surface area (Å²) in [6.45, 7) is 2.52. The van der Waals surface area contributed by atoms with Crippen molar-refractivity contribution in [3.8, 4) is 6.07 Å². The molecule has 0 spiro atoms. The molecule has 0 aliphatic heterocycles. The fourth-order valence-corrected chi connectivity index (χ4v) is 2.74. The van der Waals surface area contributed by atoms with E-state index in [1.54, 1.807) is 6.07 Å². The fraction of sp³-hybridized carbons (Fsp3) is 0.333. The maximum Gasteiger partial charge on any atom is 0.144 e. The SMILES string of the molecule is Cc1ccc(C#N)c(NCC2([C@H](O)c3ccccc3)CC2)n1. The van der Waals surface area contributed by atoms with E-state index in [1.165, 1.54) is 0 Å². The van der Waals surface area contributed by atoms with Crippen LogP contribution in [0.5, 0.6) is 0 Å². The molecule has 1 saturated carbocycles. The zero-order valence-electron chi connectivity index (χ0n) is 12.6. The predicted octanol–water partition coefficient (Wildman–Crippen LogP) is 3.19. The fourth-order valence-electron chi connectivity index (χ4n) is 2.74. The van der Waals surface area contributed by atoms with Gasteiger partial charge in [0.25, 0.3) is 0 Å². The molecule has 4 heteroatoms. The Morgan fingerprint density at radius 3 is 2.64 bits per heavy atom. The van der Waals surface area contributed by atoms with Crippen molar-refractivity contribution >= 4 is 5.82 Å². The Labute approximate surface area is 130 Å². The van der Waals surface area contributed by atoms with Crippen LogP contribution >= 0.6 is 0 Å². The molecule has 0 saturated heterocycles. The number of aliphatic hydroxyl groups excluding tert-OH is 1. The lowest BCUT2D eigenvalue weighted by Crippen LogP contribution is -2.24. The molecule has 0 bridgehead atoms. The number of nitrogens with zero attached hydrogens (tertiary/aromatic N) is 2. The van der Waals surface area contributed by atoms with Crippen molar-refractivity contribution in [2.45, 2.75) is 25.9 Å². The van der Waals surface area contributed by atoms with E-state index in [4.69, 9.17) is 5.26 Å². The Balaban J connectivity index is 1.74. The zero-order valence-corrected chi connectivity index (χ0v) is 12.6. The van der Waals surface area contributed by atoms with Gasteiger partial charge in [-0.2, -0.15) is 5.26 Å². The molecule has 0 radical (unpaired) electrons. The predicted molar refractivity (Wildman–Crippen MR) is 85.2 cm³/mol. The number of nitriles is 1. The van der Waals surface area contributed by atoms with Crippen molar-refractivity contribution in [1.82, 2.24) is 4.98 Å². The molecule has 1 atom stereocenters. The average molecular weight is 293 g/mol. The number of benzene rings is 1. The number of anilines is 1. The van der Waals surface area contributed by atoms with Gasteiger partial charge >= 0.3 is 0 Å². The van der Waals surface area contributed by atoms with Crippen LogP contribution in [0.4, 0.5) is 5.82 Å². The van der Waals surface area contributed by atoms with Gasteiger partial charge in [-0.15, -0.1) is 0 Å². The van der Waals surface area contributed by atoms with Gasteiger partial charge in [0.15, 0.2) is 0 Å². The molecular weight excluding hydrogens is 274 g/mol. The summed E-state index contributed by atoms with van der Waals surface area (Å²) in [7, 11) is 0. The lowest BCUT2D eigenvalue weighted by Gasteiger charge is -2.23. The normalized spacial score (nSPS) is 16.6. The van der Waals surface area contributed by atoms with Crippen LogP contribution in [0.2, 0.25) is 0 Å². The van der Waals surface area contributed by atoms with Gasteiger partial charge in [-0.3, -0.25) is 0 Å². The van der Waals surface area contributed by atoms with Gasteiger partial charge in [-0.05, 0) is 37.5 Å². The van der Waals surface area contributed by atoms with E-state index in [-0.39, 0.29) is 5.41 Å². The molecule has 0 amide bonds. The molecule has 1 fully saturated rings. The number of hydrogen-bond acceptors (Lipinski definition) is 4. The summed E-state index contributed by atoms with van der Waals surface area (Å²) in [5, 5.41) is 23.1. The third-order valence-corrected chi connectivity index (χ3v) is 4.35. The van der Waals surface area contributed by atoms with Crippen LogP contribution < -0.4 is 5.32 Å². The number of pyridine rings is 1. The minimum Gasteiger partial charge on any atom is -0.388 e. The van der Waals surface area contributed by atoms with E-state index >= 15 is 0 Å². The van der Waals surface area contributed by atoms with Gasteiger partial charge in [0.1, 0.15) is 11.9 Å². The molecule has 0 unspecified atom stereocenters. The highest BCUT2D eigenvalue weighted by atomic mass is 16.3. The topological polar surface area (TPSA) is 68.9 Å². The molecule has 2 N–H and O–H groups in total. The summed E-state index contributed by atoms with van der Waals surface area (Å²) < 4.78 is 0. The zero-order chi connectivity index (χ0) is 15.6. The molecule has 1 aliphatic carbocycles. The second-order valence-electron chi connectivity index (χ2n) is 5.99. The summed E-state index contributed by atoms with van der Waals surface area (Å²) in [5.74, 6) is 0.606. The van der Waals surface area contributed by atoms with E-state index in [9.17, 15) is 5.11 Å². The first-order chi connectivity index (χ1) is 10.6. The highest BCUT2D eigenvalue weighted by molar-refractivity contribution is 5.52. The number of aromatic nitrogens is 1. The highest BCUT2D eigenvalue weighted by Gasteiger charge is 2.49. The highest BCUT2D eigenvalue weighted by Crippen LogP contribution is 2.54. The third kappa shape index (κ3) is 2.81. The van der Waals surface area contributed by atoms with Crippen molar-refractivity contribution in [3.63, 3.8) is 0 Å². The van der Waals surface area contributed by atoms with Crippen LogP contribution in [-0.4, -0.2) is 16.6 Å². The van der Waals surface area contributed by atoms with Crippen LogP contribution in [0.1, 0.15) is 35.8 Å². The summed E-state index contributed by atoms with van der Waals surface area (Å²) in [4.78, 5) is 4.39. The van der Waals surface area contributed by atoms with Crippen molar-refractivity contribution in [2.24, 2.45) is 5.41 Å². The number of nitrogens with one attached hydrogen (secondary N) is 1. The standard InChI is InChI=1S/C18H19N3O/c1-13-7-8-15(11-19)17(21-13)20-12-18(9-10-18)16(22)14-5-3-2-4-6-14/h2-8,16,22H,9-10,12H2,1H3,(H,20,21)/t16-/m1/s1. The minimum absolute atomic E-state index is 0.153. The van der Waals surface area contributed by atoms with Crippen molar-refractivity contribution in [3.05, 3.63) is 59.3 Å². The van der Waals surface area contributed by atoms with E-state index in [0.29, 0.717) is 17.9 Å². The molecule has 1 aromatic carbocycles. The molecule has 112 valence electrons. The number of rotatable bonds is 5. The number of aliphatic hydroxyl groups is 1. The molecule has 1 heterocycles. The quantitative estimate of drug-likeness (QED) is 0.888. The van der Waals surface area contributed by atoms with E-state index in [1.807, 2.05) is 43.3 Å². The maximum absolute atomic E-state index is 10.6. The van der Waals surface area contributed by atoms with Crippen LogP contribution in [0.25, 0.3) is 0 Å². The average Bonchev–Trinajstić information content (AvgIpc) is 3.34. The first-order valence-corrected chi connectivity index (χ1v) is 7.49. The lowest BCUT2D eigenvalue weighted by molar-refractivity contribution is 0.0999. The van der Waals surface area contributed by atoms with Crippen LogP contribution in [0.15, 0.2) is 42.5 Å². The molecular formula is C18H19N3O. The monoisotopic (exact) mass is 293 g/mol. The van der Waals surface area contributed by atoms with Gasteiger partial charge in [-0.1, -0.05) is 30.3 Å². The van der Waals surface area contributed by atoms with Gasteiger partial charge in [0, 0.05) is 17.7 Å². The molecule has 22 heavy (non-hydrogen) atoms. The van der Waals surface area contributed by atoms with Gasteiger partial charge in [0.2, 0.25) is 0 Å². The Bertz CT molecular complexity index is 702. The van der Waals surface area contributed by atoms with Crippen molar-refractivity contribution in [1.29, 1.82) is 5.26 Å². The maximum atomic E-state index is 10.6. The largest absolute Gasteiger partial charge is 0.388 e. The summed E-state index contributed by atoms with van der Waals surface area (Å²) >= 11 is 0. The first kappa shape index (κ1) is 14.6. The molecule has 1 aliphatic rings. The first-order valence-electron chi connectivity index (χ1n) is 7.49. The second-order valence-corrected chi connectivity index (χ2v) is 5.99. The second kappa shape index (κ2) is 5.78. The Kier molecular flexibility index (Phi) is 3.82. The lowest BCUT2D eigenvalue weighted by atomic mass is 9.92.